The molecule has 472 valence electrons. The van der Waals surface area contributed by atoms with Gasteiger partial charge in [0.25, 0.3) is 10.0 Å². The summed E-state index contributed by atoms with van der Waals surface area (Å²) in [6.45, 7) is 1.31. The van der Waals surface area contributed by atoms with E-state index in [4.69, 9.17) is 19.9 Å². The Kier molecular flexibility index (Phi) is 25.3. The van der Waals surface area contributed by atoms with Gasteiger partial charge in [0.2, 0.25) is 53.2 Å². The molecule has 4 aromatic carbocycles. The molecule has 1 saturated carbocycles. The number of carbonyl (C=O) groups is 9. The van der Waals surface area contributed by atoms with Crippen molar-refractivity contribution in [2.24, 2.45) is 10.7 Å². The number of aliphatic imine (C=N–C) groups is 1. The Morgan fingerprint density at radius 2 is 1.16 bits per heavy atom. The number of nitrogens with two attached hydrogens (primary N) is 1. The standard InChI is InChI=1S/C62H79N11O14S/c1-40-27-29-46(30-28-40)88(83,84)72-62(63)64-31-15-25-47-56(77)65-35-53(74)67-48(34-54(75)87-45-23-13-6-14-24-45)57(78)69-49(33-42-17-7-3-8-18-42)61(82)73-32-16-26-52(73)60(81)66-41(2)55(76)70-50(38-85-36-43-19-9-4-10-20-43)59(80)71-51(58(79)68-47)39-86-37-44-21-11-5-12-22-44/h3-5,7-12,17-22,27-30,41,45,47-52H,6,13-16,23-26,31-39H2,1-2H3,(H,65,77)(H,66,81)(H,67,74)(H,68,79)(H,69,78)(H,70,76)(H,71,80)(H3,63,64,72)/t41-,47-,48-,49-,50-,51-,52-/m0/s1. The summed E-state index contributed by atoms with van der Waals surface area (Å²) in [5, 5.41) is 18.3. The summed E-state index contributed by atoms with van der Waals surface area (Å²) in [5.74, 6) is -8.22. The van der Waals surface area contributed by atoms with Crippen LogP contribution in [0.1, 0.15) is 93.4 Å². The van der Waals surface area contributed by atoms with Crippen LogP contribution in [-0.2, 0) is 87.0 Å². The third kappa shape index (κ3) is 21.0. The Bertz CT molecular complexity index is 3170. The molecule has 2 saturated heterocycles. The van der Waals surface area contributed by atoms with Crippen molar-refractivity contribution in [3.8, 4) is 0 Å². The number of rotatable bonds is 19. The molecule has 10 N–H and O–H groups in total. The average Bonchev–Trinajstić information content (AvgIpc) is 3.76. The third-order valence-corrected chi connectivity index (χ3v) is 16.3. The minimum atomic E-state index is -4.14. The van der Waals surface area contributed by atoms with Gasteiger partial charge in [-0.3, -0.25) is 48.1 Å². The maximum Gasteiger partial charge on any atom is 0.308 e. The number of benzene rings is 4. The second-order valence-electron chi connectivity index (χ2n) is 22.0. The molecule has 0 aromatic heterocycles. The molecular weight excluding hydrogens is 1150 g/mol. The zero-order valence-electron chi connectivity index (χ0n) is 49.4. The molecule has 88 heavy (non-hydrogen) atoms. The highest BCUT2D eigenvalue weighted by atomic mass is 32.2. The van der Waals surface area contributed by atoms with Crippen molar-refractivity contribution in [1.29, 1.82) is 0 Å². The normalized spacial score (nSPS) is 22.7. The van der Waals surface area contributed by atoms with Gasteiger partial charge in [-0.05, 0) is 94.0 Å². The Labute approximate surface area is 511 Å². The van der Waals surface area contributed by atoms with E-state index in [9.17, 15) is 51.6 Å². The Hall–Kier alpha value is -8.75. The quantitative estimate of drug-likeness (QED) is 0.0277. The molecule has 1 aliphatic carbocycles. The number of nitrogens with zero attached hydrogens (tertiary/aromatic N) is 2. The number of aryl methyl sites for hydroxylation is 1. The van der Waals surface area contributed by atoms with E-state index in [0.717, 1.165) is 30.4 Å². The fraction of sp³-hybridized carbons (Fsp3) is 0.452. The lowest BCUT2D eigenvalue weighted by molar-refractivity contribution is -0.152. The summed E-state index contributed by atoms with van der Waals surface area (Å²) in [4.78, 5) is 134. The monoisotopic (exact) mass is 1230 g/mol. The van der Waals surface area contributed by atoms with Crippen LogP contribution < -0.4 is 47.7 Å². The van der Waals surface area contributed by atoms with Gasteiger partial charge in [0.15, 0.2) is 0 Å². The van der Waals surface area contributed by atoms with Crippen molar-refractivity contribution in [2.75, 3.05) is 32.8 Å². The Balaban J connectivity index is 1.20. The topological polar surface area (TPSA) is 353 Å². The van der Waals surface area contributed by atoms with E-state index in [2.05, 4.69) is 46.9 Å². The third-order valence-electron chi connectivity index (χ3n) is 15.0. The summed E-state index contributed by atoms with van der Waals surface area (Å²) < 4.78 is 46.0. The Morgan fingerprint density at radius 3 is 1.76 bits per heavy atom. The number of fused-ring (bicyclic) bond motifs is 1. The first kappa shape index (κ1) is 66.8. The first-order valence-corrected chi connectivity index (χ1v) is 31.1. The number of sulfonamides is 1. The largest absolute Gasteiger partial charge is 0.462 e. The predicted molar refractivity (Wildman–Crippen MR) is 322 cm³/mol. The lowest BCUT2D eigenvalue weighted by atomic mass is 9.98. The molecule has 25 nitrogen and oxygen atoms in total. The van der Waals surface area contributed by atoms with Gasteiger partial charge in [0, 0.05) is 19.5 Å². The zero-order chi connectivity index (χ0) is 63.0. The molecule has 0 spiro atoms. The molecule has 3 aliphatic rings. The van der Waals surface area contributed by atoms with Crippen molar-refractivity contribution in [2.45, 2.75) is 151 Å². The van der Waals surface area contributed by atoms with Gasteiger partial charge in [-0.1, -0.05) is 115 Å². The highest BCUT2D eigenvalue weighted by Crippen LogP contribution is 2.23. The Morgan fingerprint density at radius 1 is 0.614 bits per heavy atom. The second kappa shape index (κ2) is 33.4. The summed E-state index contributed by atoms with van der Waals surface area (Å²) in [5.41, 5.74) is 8.91. The van der Waals surface area contributed by atoms with Crippen LogP contribution in [0.3, 0.4) is 0 Å². The van der Waals surface area contributed by atoms with Crippen molar-refractivity contribution >= 4 is 69.2 Å². The lowest BCUT2D eigenvalue weighted by Gasteiger charge is -2.31. The number of carbonyl (C=O) groups excluding carboxylic acids is 9. The minimum Gasteiger partial charge on any atom is -0.462 e. The van der Waals surface area contributed by atoms with Crippen molar-refractivity contribution in [1.82, 2.24) is 46.8 Å². The van der Waals surface area contributed by atoms with Crippen LogP contribution in [0.4, 0.5) is 0 Å². The van der Waals surface area contributed by atoms with Crippen LogP contribution in [-0.4, -0.2) is 154 Å². The van der Waals surface area contributed by atoms with Crippen LogP contribution >= 0.6 is 0 Å². The lowest BCUT2D eigenvalue weighted by Crippen LogP contribution is -2.61. The summed E-state index contributed by atoms with van der Waals surface area (Å²) >= 11 is 0. The predicted octanol–water partition coefficient (Wildman–Crippen LogP) is 1.36. The molecule has 3 fully saturated rings. The molecule has 26 heteroatoms. The number of esters is 1. The fourth-order valence-electron chi connectivity index (χ4n) is 10.2. The first-order valence-electron chi connectivity index (χ1n) is 29.6. The number of nitrogens with one attached hydrogen (secondary N) is 8. The molecule has 8 amide bonds. The van der Waals surface area contributed by atoms with E-state index in [1.54, 1.807) is 104 Å². The number of ether oxygens (including phenoxy) is 3. The van der Waals surface area contributed by atoms with Gasteiger partial charge in [-0.2, -0.15) is 0 Å². The molecule has 7 atom stereocenters. The van der Waals surface area contributed by atoms with Crippen molar-refractivity contribution in [3.05, 3.63) is 138 Å². The molecule has 2 aliphatic heterocycles. The highest BCUT2D eigenvalue weighted by Gasteiger charge is 2.40. The average molecular weight is 1230 g/mol. The molecule has 0 bridgehead atoms. The molecule has 4 aromatic rings. The van der Waals surface area contributed by atoms with Crippen LogP contribution in [0, 0.1) is 6.92 Å². The van der Waals surface area contributed by atoms with Gasteiger partial charge in [-0.25, -0.2) is 13.1 Å². The van der Waals surface area contributed by atoms with E-state index >= 15 is 0 Å². The zero-order valence-corrected chi connectivity index (χ0v) is 50.2. The summed E-state index contributed by atoms with van der Waals surface area (Å²) in [7, 11) is -4.14. The van der Waals surface area contributed by atoms with Crippen LogP contribution in [0.25, 0.3) is 0 Å². The van der Waals surface area contributed by atoms with Gasteiger partial charge < -0.3 is 62.1 Å². The first-order chi connectivity index (χ1) is 42.3. The highest BCUT2D eigenvalue weighted by molar-refractivity contribution is 7.90. The number of hydrogen-bond donors (Lipinski definition) is 9. The van der Waals surface area contributed by atoms with Crippen molar-refractivity contribution < 1.29 is 65.8 Å². The van der Waals surface area contributed by atoms with Crippen molar-refractivity contribution in [3.63, 3.8) is 0 Å². The SMILES string of the molecule is Cc1ccc(S(=O)(=O)NC(N)=NCCC[C@@H]2NC(=O)[C@H](COCc3ccccc3)NC(=O)[C@H](COCc3ccccc3)NC(=O)[C@H](C)NC(=O)[C@@H]3CCCN3C(=O)[C@H](Cc3ccccc3)NC(=O)[C@H](CC(=O)OC3CCCCC3)NC(=O)CNC2=O)cc1. The minimum absolute atomic E-state index is 0.00485. The fourth-order valence-corrected chi connectivity index (χ4v) is 11.1. The smallest absolute Gasteiger partial charge is 0.308 e. The summed E-state index contributed by atoms with van der Waals surface area (Å²) in [6.07, 6.45) is 2.94. The van der Waals surface area contributed by atoms with Gasteiger partial charge in [0.1, 0.15) is 48.4 Å². The molecule has 2 heterocycles. The molecule has 0 unspecified atom stereocenters. The number of guanidine groups is 1. The van der Waals surface area contributed by atoms with E-state index in [-0.39, 0.29) is 56.9 Å². The van der Waals surface area contributed by atoms with Crippen LogP contribution in [0.2, 0.25) is 0 Å². The number of hydrogen-bond acceptors (Lipinski definition) is 15. The van der Waals surface area contributed by atoms with E-state index in [1.807, 2.05) is 6.07 Å². The molecule has 0 radical (unpaired) electrons. The molecule has 7 rings (SSSR count). The second-order valence-corrected chi connectivity index (χ2v) is 23.7. The van der Waals surface area contributed by atoms with Gasteiger partial charge in [0.05, 0.1) is 44.3 Å². The maximum atomic E-state index is 14.8. The number of amides is 8. The maximum absolute atomic E-state index is 14.8. The molecular formula is C62H79N11O14S. The summed E-state index contributed by atoms with van der Waals surface area (Å²) in [6, 6.07) is 22.5. The van der Waals surface area contributed by atoms with Crippen LogP contribution in [0.5, 0.6) is 0 Å². The van der Waals surface area contributed by atoms with E-state index in [1.165, 1.54) is 24.0 Å². The van der Waals surface area contributed by atoms with E-state index in [0.29, 0.717) is 30.4 Å². The van der Waals surface area contributed by atoms with Crippen LogP contribution in [0.15, 0.2) is 125 Å². The van der Waals surface area contributed by atoms with Gasteiger partial charge >= 0.3 is 5.97 Å². The van der Waals surface area contributed by atoms with Gasteiger partial charge in [-0.15, -0.1) is 0 Å². The van der Waals surface area contributed by atoms with E-state index < -0.39 is 144 Å².